The SMILES string of the molecule is COCC1=C(C)C(=O)c2ccccc2C1=O. The number of carbonyl (C=O) groups is 2. The lowest BCUT2D eigenvalue weighted by molar-refractivity contribution is 0.0954. The van der Waals surface area contributed by atoms with Crippen LogP contribution in [0.25, 0.3) is 0 Å². The Morgan fingerprint density at radius 1 is 1.06 bits per heavy atom. The molecule has 0 unspecified atom stereocenters. The van der Waals surface area contributed by atoms with Crippen molar-refractivity contribution in [1.29, 1.82) is 0 Å². The molecular formula is C13H12O3. The molecule has 1 aliphatic carbocycles. The zero-order valence-corrected chi connectivity index (χ0v) is 9.24. The lowest BCUT2D eigenvalue weighted by Gasteiger charge is -2.18. The van der Waals surface area contributed by atoms with Crippen molar-refractivity contribution in [1.82, 2.24) is 0 Å². The summed E-state index contributed by atoms with van der Waals surface area (Å²) in [6.07, 6.45) is 0. The fraction of sp³-hybridized carbons (Fsp3) is 0.231. The molecule has 0 aliphatic heterocycles. The van der Waals surface area contributed by atoms with Crippen molar-refractivity contribution in [3.05, 3.63) is 46.5 Å². The molecule has 2 rings (SSSR count). The lowest BCUT2D eigenvalue weighted by atomic mass is 9.85. The third-order valence-electron chi connectivity index (χ3n) is 2.77. The van der Waals surface area contributed by atoms with Crippen molar-refractivity contribution in [3.8, 4) is 0 Å². The van der Waals surface area contributed by atoms with E-state index < -0.39 is 0 Å². The minimum Gasteiger partial charge on any atom is -0.380 e. The summed E-state index contributed by atoms with van der Waals surface area (Å²) >= 11 is 0. The maximum absolute atomic E-state index is 12.1. The third kappa shape index (κ3) is 1.49. The van der Waals surface area contributed by atoms with E-state index in [2.05, 4.69) is 0 Å². The highest BCUT2D eigenvalue weighted by Crippen LogP contribution is 2.25. The van der Waals surface area contributed by atoms with Crippen LogP contribution in [0.3, 0.4) is 0 Å². The number of rotatable bonds is 2. The van der Waals surface area contributed by atoms with E-state index in [0.29, 0.717) is 22.3 Å². The highest BCUT2D eigenvalue weighted by Gasteiger charge is 2.28. The van der Waals surface area contributed by atoms with Crippen LogP contribution < -0.4 is 0 Å². The van der Waals surface area contributed by atoms with Gasteiger partial charge in [-0.1, -0.05) is 24.3 Å². The summed E-state index contributed by atoms with van der Waals surface area (Å²) < 4.78 is 4.95. The number of hydrogen-bond donors (Lipinski definition) is 0. The van der Waals surface area contributed by atoms with Gasteiger partial charge in [-0.2, -0.15) is 0 Å². The zero-order valence-electron chi connectivity index (χ0n) is 9.24. The fourth-order valence-corrected chi connectivity index (χ4v) is 1.87. The molecule has 1 aromatic carbocycles. The van der Waals surface area contributed by atoms with E-state index >= 15 is 0 Å². The molecule has 1 aromatic rings. The lowest BCUT2D eigenvalue weighted by Crippen LogP contribution is -2.23. The highest BCUT2D eigenvalue weighted by molar-refractivity contribution is 6.26. The van der Waals surface area contributed by atoms with E-state index in [1.165, 1.54) is 7.11 Å². The number of Topliss-reactive ketones (excluding diaryl/α,β-unsaturated/α-hetero) is 2. The molecule has 0 fully saturated rings. The number of methoxy groups -OCH3 is 1. The van der Waals surface area contributed by atoms with Crippen LogP contribution in [0.4, 0.5) is 0 Å². The van der Waals surface area contributed by atoms with E-state index in [0.717, 1.165) is 0 Å². The Bertz CT molecular complexity index is 498. The predicted octanol–water partition coefficient (Wildman–Crippen LogP) is 2.03. The van der Waals surface area contributed by atoms with Crippen molar-refractivity contribution < 1.29 is 14.3 Å². The van der Waals surface area contributed by atoms with Crippen LogP contribution in [0.15, 0.2) is 35.4 Å². The topological polar surface area (TPSA) is 43.4 Å². The molecule has 0 atom stereocenters. The van der Waals surface area contributed by atoms with Gasteiger partial charge in [0.25, 0.3) is 0 Å². The van der Waals surface area contributed by atoms with Crippen molar-refractivity contribution in [2.45, 2.75) is 6.92 Å². The van der Waals surface area contributed by atoms with Crippen LogP contribution in [0.5, 0.6) is 0 Å². The van der Waals surface area contributed by atoms with Crippen LogP contribution in [0.1, 0.15) is 27.6 Å². The van der Waals surface area contributed by atoms with Gasteiger partial charge in [-0.25, -0.2) is 0 Å². The van der Waals surface area contributed by atoms with Crippen molar-refractivity contribution in [2.75, 3.05) is 13.7 Å². The van der Waals surface area contributed by atoms with Gasteiger partial charge < -0.3 is 4.74 Å². The number of benzene rings is 1. The predicted molar refractivity (Wildman–Crippen MR) is 59.7 cm³/mol. The van der Waals surface area contributed by atoms with Crippen molar-refractivity contribution in [2.24, 2.45) is 0 Å². The second-order valence-corrected chi connectivity index (χ2v) is 3.74. The largest absolute Gasteiger partial charge is 0.380 e. The van der Waals surface area contributed by atoms with Gasteiger partial charge in [0.05, 0.1) is 6.61 Å². The maximum Gasteiger partial charge on any atom is 0.192 e. The quantitative estimate of drug-likeness (QED) is 0.759. The number of carbonyl (C=O) groups excluding carboxylic acids is 2. The van der Waals surface area contributed by atoms with E-state index in [1.807, 2.05) is 0 Å². The Hall–Kier alpha value is -1.74. The first-order valence-electron chi connectivity index (χ1n) is 5.04. The van der Waals surface area contributed by atoms with Gasteiger partial charge in [-0.3, -0.25) is 9.59 Å². The Morgan fingerprint density at radius 2 is 1.62 bits per heavy atom. The second-order valence-electron chi connectivity index (χ2n) is 3.74. The van der Waals surface area contributed by atoms with E-state index in [-0.39, 0.29) is 18.2 Å². The standard InChI is InChI=1S/C13H12O3/c1-8-11(7-16-2)13(15)10-6-4-3-5-9(10)12(8)14/h3-6H,7H2,1-2H3. The Balaban J connectivity index is 2.58. The molecule has 0 radical (unpaired) electrons. The molecule has 3 heteroatoms. The molecule has 16 heavy (non-hydrogen) atoms. The first-order valence-corrected chi connectivity index (χ1v) is 5.04. The van der Waals surface area contributed by atoms with Crippen LogP contribution in [0, 0.1) is 0 Å². The Labute approximate surface area is 93.7 Å². The number of allylic oxidation sites excluding steroid dienone is 1. The van der Waals surface area contributed by atoms with Gasteiger partial charge in [-0.15, -0.1) is 0 Å². The van der Waals surface area contributed by atoms with Crippen LogP contribution in [-0.4, -0.2) is 25.3 Å². The number of fused-ring (bicyclic) bond motifs is 1. The fourth-order valence-electron chi connectivity index (χ4n) is 1.87. The summed E-state index contributed by atoms with van der Waals surface area (Å²) in [5, 5.41) is 0. The third-order valence-corrected chi connectivity index (χ3v) is 2.77. The maximum atomic E-state index is 12.1. The summed E-state index contributed by atoms with van der Waals surface area (Å²) in [7, 11) is 1.51. The van der Waals surface area contributed by atoms with Gasteiger partial charge in [0, 0.05) is 29.4 Å². The normalized spacial score (nSPS) is 15.4. The molecule has 0 heterocycles. The molecule has 1 aliphatic rings. The number of ketones is 2. The highest BCUT2D eigenvalue weighted by atomic mass is 16.5. The Morgan fingerprint density at radius 3 is 2.19 bits per heavy atom. The van der Waals surface area contributed by atoms with Gasteiger partial charge in [0.1, 0.15) is 0 Å². The minimum absolute atomic E-state index is 0.0812. The molecule has 0 spiro atoms. The summed E-state index contributed by atoms with van der Waals surface area (Å²) in [6.45, 7) is 1.86. The first-order chi connectivity index (χ1) is 7.66. The second kappa shape index (κ2) is 4.02. The van der Waals surface area contributed by atoms with Crippen molar-refractivity contribution >= 4 is 11.6 Å². The minimum atomic E-state index is -0.102. The van der Waals surface area contributed by atoms with E-state index in [9.17, 15) is 9.59 Å². The number of ether oxygens (including phenoxy) is 1. The number of hydrogen-bond acceptors (Lipinski definition) is 3. The molecule has 0 aromatic heterocycles. The summed E-state index contributed by atoms with van der Waals surface area (Å²) in [4.78, 5) is 24.1. The van der Waals surface area contributed by atoms with E-state index in [1.54, 1.807) is 31.2 Å². The van der Waals surface area contributed by atoms with Crippen molar-refractivity contribution in [3.63, 3.8) is 0 Å². The molecular weight excluding hydrogens is 204 g/mol. The molecule has 3 nitrogen and oxygen atoms in total. The first kappa shape index (κ1) is 10.8. The molecule has 0 N–H and O–H groups in total. The summed E-state index contributed by atoms with van der Waals surface area (Å²) in [5.74, 6) is -0.184. The zero-order chi connectivity index (χ0) is 11.7. The Kier molecular flexibility index (Phi) is 2.71. The van der Waals surface area contributed by atoms with Crippen LogP contribution >= 0.6 is 0 Å². The summed E-state index contributed by atoms with van der Waals surface area (Å²) in [6, 6.07) is 6.88. The van der Waals surface area contributed by atoms with Gasteiger partial charge >= 0.3 is 0 Å². The van der Waals surface area contributed by atoms with Gasteiger partial charge in [0.15, 0.2) is 11.6 Å². The monoisotopic (exact) mass is 216 g/mol. The smallest absolute Gasteiger partial charge is 0.192 e. The average molecular weight is 216 g/mol. The average Bonchev–Trinajstić information content (AvgIpc) is 2.32. The summed E-state index contributed by atoms with van der Waals surface area (Å²) in [5.41, 5.74) is 1.92. The van der Waals surface area contributed by atoms with Crippen LogP contribution in [-0.2, 0) is 4.74 Å². The molecule has 0 amide bonds. The van der Waals surface area contributed by atoms with E-state index in [4.69, 9.17) is 4.74 Å². The molecule has 0 saturated carbocycles. The van der Waals surface area contributed by atoms with Gasteiger partial charge in [-0.05, 0) is 6.92 Å². The molecule has 82 valence electrons. The molecule has 0 saturated heterocycles. The van der Waals surface area contributed by atoms with Gasteiger partial charge in [0.2, 0.25) is 0 Å². The molecule has 0 bridgehead atoms. The van der Waals surface area contributed by atoms with Crippen LogP contribution in [0.2, 0.25) is 0 Å².